The van der Waals surface area contributed by atoms with Crippen molar-refractivity contribution < 1.29 is 14.5 Å². The summed E-state index contributed by atoms with van der Waals surface area (Å²) in [5, 5.41) is 11.6. The fourth-order valence-electron chi connectivity index (χ4n) is 4.18. The molecule has 32 heavy (non-hydrogen) atoms. The Hall–Kier alpha value is -4.00. The second kappa shape index (κ2) is 7.60. The van der Waals surface area contributed by atoms with Gasteiger partial charge in [-0.3, -0.25) is 19.7 Å². The average molecular weight is 429 g/mol. The molecule has 0 atom stereocenters. The van der Waals surface area contributed by atoms with Crippen LogP contribution in [0.1, 0.15) is 41.9 Å². The summed E-state index contributed by atoms with van der Waals surface area (Å²) in [6.45, 7) is 7.09. The highest BCUT2D eigenvalue weighted by Gasteiger charge is 2.45. The number of carbonyl (C=O) groups excluding carboxylic acids is 2. The maximum absolute atomic E-state index is 13.7. The largest absolute Gasteiger partial charge is 0.359 e. The number of H-pyrrole nitrogens is 1. The summed E-state index contributed by atoms with van der Waals surface area (Å²) in [4.78, 5) is 42.7. The van der Waals surface area contributed by atoms with Crippen molar-refractivity contribution in [1.82, 2.24) is 4.98 Å². The van der Waals surface area contributed by atoms with Gasteiger partial charge in [0.1, 0.15) is 0 Å². The van der Waals surface area contributed by atoms with E-state index in [1.54, 1.807) is 56.3 Å². The van der Waals surface area contributed by atoms with Crippen molar-refractivity contribution in [3.63, 3.8) is 0 Å². The van der Waals surface area contributed by atoms with Gasteiger partial charge >= 0.3 is 0 Å². The first-order valence-corrected chi connectivity index (χ1v) is 10.2. The third-order valence-corrected chi connectivity index (χ3v) is 5.86. The first kappa shape index (κ1) is 21.2. The summed E-state index contributed by atoms with van der Waals surface area (Å²) in [7, 11) is 0. The van der Waals surface area contributed by atoms with Gasteiger partial charge in [-0.25, -0.2) is 4.90 Å². The molecule has 1 aliphatic rings. The number of aromatic nitrogens is 1. The molecule has 3 aromatic rings. The van der Waals surface area contributed by atoms with Crippen LogP contribution in [-0.2, 0) is 15.0 Å². The highest BCUT2D eigenvalue weighted by Crippen LogP contribution is 2.42. The molecule has 0 saturated heterocycles. The number of para-hydroxylation sites is 2. The second-order valence-electron chi connectivity index (χ2n) is 8.47. The highest BCUT2D eigenvalue weighted by molar-refractivity contribution is 6.42. The van der Waals surface area contributed by atoms with Crippen molar-refractivity contribution >= 4 is 34.8 Å². The maximum atomic E-state index is 13.7. The van der Waals surface area contributed by atoms with Crippen LogP contribution in [-0.4, -0.2) is 21.7 Å². The molecule has 2 aromatic carbocycles. The molecular weight excluding hydrogens is 406 g/mol. The number of anilines is 1. The zero-order valence-electron chi connectivity index (χ0n) is 18.3. The quantitative estimate of drug-likeness (QED) is 0.361. The lowest BCUT2D eigenvalue weighted by Crippen LogP contribution is -2.45. The summed E-state index contributed by atoms with van der Waals surface area (Å²) in [6, 6.07) is 15.2. The Labute approximate surface area is 185 Å². The molecule has 4 rings (SSSR count). The number of benzene rings is 2. The molecule has 2 heterocycles. The standard InChI is InChI=1S/C25H23N3O4/c1-15-13-16(2)26-20(15)14-18-17-9-5-7-11-21(17)27(23(18)29)24(30)25(3,4)19-10-6-8-12-22(19)28(31)32/h5-14,26H,1-4H3/b18-14-. The van der Waals surface area contributed by atoms with E-state index < -0.39 is 22.2 Å². The minimum atomic E-state index is -1.30. The topological polar surface area (TPSA) is 96.3 Å². The number of nitrogens with zero attached hydrogens (tertiary/aromatic N) is 2. The van der Waals surface area contributed by atoms with E-state index in [1.165, 1.54) is 6.07 Å². The smallest absolute Gasteiger partial charge is 0.273 e. The van der Waals surface area contributed by atoms with Gasteiger partial charge in [0.25, 0.3) is 11.6 Å². The predicted molar refractivity (Wildman–Crippen MR) is 123 cm³/mol. The molecule has 7 heteroatoms. The van der Waals surface area contributed by atoms with E-state index in [0.717, 1.165) is 21.9 Å². The number of fused-ring (bicyclic) bond motifs is 1. The van der Waals surface area contributed by atoms with Crippen LogP contribution in [0, 0.1) is 24.0 Å². The molecular formula is C25H23N3O4. The Morgan fingerprint density at radius 2 is 1.75 bits per heavy atom. The van der Waals surface area contributed by atoms with Gasteiger partial charge < -0.3 is 4.98 Å². The van der Waals surface area contributed by atoms with Gasteiger partial charge in [-0.1, -0.05) is 36.4 Å². The number of nitro benzene ring substituents is 1. The minimum absolute atomic E-state index is 0.154. The van der Waals surface area contributed by atoms with Gasteiger partial charge in [-0.05, 0) is 51.5 Å². The molecule has 1 aromatic heterocycles. The van der Waals surface area contributed by atoms with Crippen molar-refractivity contribution in [2.24, 2.45) is 0 Å². The van der Waals surface area contributed by atoms with Gasteiger partial charge in [0.05, 0.1) is 21.6 Å². The zero-order valence-corrected chi connectivity index (χ0v) is 18.3. The molecule has 0 radical (unpaired) electrons. The molecule has 1 N–H and O–H groups in total. The van der Waals surface area contributed by atoms with E-state index in [1.807, 2.05) is 26.0 Å². The van der Waals surface area contributed by atoms with Gasteiger partial charge in [-0.2, -0.15) is 0 Å². The lowest BCUT2D eigenvalue weighted by molar-refractivity contribution is -0.385. The molecule has 0 spiro atoms. The number of nitrogens with one attached hydrogen (secondary N) is 1. The number of hydrogen-bond donors (Lipinski definition) is 1. The van der Waals surface area contributed by atoms with Crippen LogP contribution in [0.3, 0.4) is 0 Å². The zero-order chi connectivity index (χ0) is 23.2. The number of rotatable bonds is 4. The van der Waals surface area contributed by atoms with Crippen LogP contribution >= 0.6 is 0 Å². The molecule has 0 saturated carbocycles. The molecule has 0 unspecified atom stereocenters. The van der Waals surface area contributed by atoms with E-state index in [-0.39, 0.29) is 11.3 Å². The summed E-state index contributed by atoms with van der Waals surface area (Å²) in [5.41, 5.74) is 3.08. The van der Waals surface area contributed by atoms with E-state index in [0.29, 0.717) is 16.8 Å². The molecule has 2 amide bonds. The first-order valence-electron chi connectivity index (χ1n) is 10.2. The van der Waals surface area contributed by atoms with Crippen LogP contribution in [0.2, 0.25) is 0 Å². The van der Waals surface area contributed by atoms with Gasteiger partial charge in [-0.15, -0.1) is 0 Å². The van der Waals surface area contributed by atoms with Crippen molar-refractivity contribution in [2.45, 2.75) is 33.1 Å². The van der Waals surface area contributed by atoms with Crippen molar-refractivity contribution in [3.8, 4) is 0 Å². The third kappa shape index (κ3) is 3.32. The molecule has 0 bridgehead atoms. The number of nitro groups is 1. The van der Waals surface area contributed by atoms with E-state index in [9.17, 15) is 19.7 Å². The molecule has 0 fully saturated rings. The Kier molecular flexibility index (Phi) is 5.05. The van der Waals surface area contributed by atoms with E-state index >= 15 is 0 Å². The second-order valence-corrected chi connectivity index (χ2v) is 8.47. The number of aryl methyl sites for hydroxylation is 2. The number of imide groups is 1. The van der Waals surface area contributed by atoms with Crippen LogP contribution in [0.5, 0.6) is 0 Å². The number of amides is 2. The van der Waals surface area contributed by atoms with Crippen LogP contribution < -0.4 is 4.90 Å². The third-order valence-electron chi connectivity index (χ3n) is 5.86. The summed E-state index contributed by atoms with van der Waals surface area (Å²) in [5.74, 6) is -0.971. The Morgan fingerprint density at radius 3 is 2.41 bits per heavy atom. The van der Waals surface area contributed by atoms with E-state index in [2.05, 4.69) is 4.98 Å². The summed E-state index contributed by atoms with van der Waals surface area (Å²) >= 11 is 0. The van der Waals surface area contributed by atoms with Gasteiger partial charge in [0.15, 0.2) is 0 Å². The number of hydrogen-bond acceptors (Lipinski definition) is 4. The molecule has 162 valence electrons. The van der Waals surface area contributed by atoms with Crippen LogP contribution in [0.4, 0.5) is 11.4 Å². The average Bonchev–Trinajstić information content (AvgIpc) is 3.22. The van der Waals surface area contributed by atoms with Crippen molar-refractivity contribution in [3.05, 3.63) is 92.8 Å². The van der Waals surface area contributed by atoms with Crippen LogP contribution in [0.15, 0.2) is 54.6 Å². The van der Waals surface area contributed by atoms with Crippen molar-refractivity contribution in [2.75, 3.05) is 4.90 Å². The maximum Gasteiger partial charge on any atom is 0.273 e. The number of carbonyl (C=O) groups is 2. The molecule has 1 aliphatic heterocycles. The fraction of sp³-hybridized carbons (Fsp3) is 0.200. The minimum Gasteiger partial charge on any atom is -0.359 e. The monoisotopic (exact) mass is 429 g/mol. The summed E-state index contributed by atoms with van der Waals surface area (Å²) < 4.78 is 0. The molecule has 0 aliphatic carbocycles. The SMILES string of the molecule is Cc1cc(C)c(/C=C2\C(=O)N(C(=O)C(C)(C)c3ccccc3[N+](=O)[O-])c3ccccc32)[nH]1. The van der Waals surface area contributed by atoms with Crippen LogP contribution in [0.25, 0.3) is 11.6 Å². The lowest BCUT2D eigenvalue weighted by atomic mass is 9.82. The Balaban J connectivity index is 1.83. The van der Waals surface area contributed by atoms with E-state index in [4.69, 9.17) is 0 Å². The highest BCUT2D eigenvalue weighted by atomic mass is 16.6. The predicted octanol–water partition coefficient (Wildman–Crippen LogP) is 4.93. The normalized spacial score (nSPS) is 14.7. The van der Waals surface area contributed by atoms with Gasteiger partial charge in [0.2, 0.25) is 5.91 Å². The summed E-state index contributed by atoms with van der Waals surface area (Å²) in [6.07, 6.45) is 1.76. The first-order chi connectivity index (χ1) is 15.1. The Morgan fingerprint density at radius 1 is 1.09 bits per heavy atom. The van der Waals surface area contributed by atoms with Crippen molar-refractivity contribution in [1.29, 1.82) is 0 Å². The van der Waals surface area contributed by atoms with Gasteiger partial charge in [0, 0.05) is 28.6 Å². The Bertz CT molecular complexity index is 1300. The molecule has 7 nitrogen and oxygen atoms in total. The number of aromatic amines is 1. The lowest BCUT2D eigenvalue weighted by Gasteiger charge is -2.28. The fourth-order valence-corrected chi connectivity index (χ4v) is 4.18.